The van der Waals surface area contributed by atoms with Crippen LogP contribution in [-0.4, -0.2) is 0 Å². The van der Waals surface area contributed by atoms with Crippen LogP contribution in [0.25, 0.3) is 10.8 Å². The SMILES string of the molecule is Cc1[c-]c2ccccc2[c-]c1C.[Pr].[Pr]. The molecule has 0 aliphatic heterocycles. The van der Waals surface area contributed by atoms with E-state index in [0.29, 0.717) is 0 Å². The normalized spacial score (nSPS) is 9.00. The Kier molecular flexibility index (Phi) is 7.59. The molecular weight excluding hydrogens is 426 g/mol. The van der Waals surface area contributed by atoms with Crippen molar-refractivity contribution < 1.29 is 82.6 Å². The van der Waals surface area contributed by atoms with E-state index in [1.54, 1.807) is 0 Å². The van der Waals surface area contributed by atoms with E-state index in [-0.39, 0.29) is 82.6 Å². The van der Waals surface area contributed by atoms with E-state index < -0.39 is 0 Å². The molecule has 2 aromatic rings. The molecule has 0 bridgehead atoms. The average molecular weight is 436 g/mol. The molecule has 0 aromatic heterocycles. The van der Waals surface area contributed by atoms with E-state index >= 15 is 0 Å². The Bertz CT molecular complexity index is 381. The molecule has 0 saturated carbocycles. The van der Waals surface area contributed by atoms with Crippen LogP contribution < -0.4 is 0 Å². The third kappa shape index (κ3) is 3.48. The van der Waals surface area contributed by atoms with Crippen molar-refractivity contribution in [2.75, 3.05) is 0 Å². The van der Waals surface area contributed by atoms with Crippen LogP contribution in [0.2, 0.25) is 0 Å². The molecule has 0 aliphatic rings. The first-order valence-electron chi connectivity index (χ1n) is 4.08. The van der Waals surface area contributed by atoms with E-state index in [9.17, 15) is 0 Å². The summed E-state index contributed by atoms with van der Waals surface area (Å²) in [4.78, 5) is 0. The maximum absolute atomic E-state index is 3.33. The van der Waals surface area contributed by atoms with E-state index in [4.69, 9.17) is 0 Å². The van der Waals surface area contributed by atoms with Gasteiger partial charge in [-0.1, -0.05) is 13.8 Å². The van der Waals surface area contributed by atoms with Gasteiger partial charge in [-0.3, -0.25) is 0 Å². The van der Waals surface area contributed by atoms with Gasteiger partial charge in [-0.05, 0) is 0 Å². The minimum atomic E-state index is 0. The van der Waals surface area contributed by atoms with Gasteiger partial charge in [0.05, 0.1) is 0 Å². The van der Waals surface area contributed by atoms with Crippen LogP contribution in [0.5, 0.6) is 0 Å². The molecule has 2 radical (unpaired) electrons. The van der Waals surface area contributed by atoms with Crippen molar-refractivity contribution in [1.29, 1.82) is 0 Å². The Balaban J connectivity index is 0.000000845. The first-order chi connectivity index (χ1) is 5.77. The molecule has 14 heavy (non-hydrogen) atoms. The summed E-state index contributed by atoms with van der Waals surface area (Å²) in [7, 11) is 0. The van der Waals surface area contributed by atoms with Gasteiger partial charge in [-0.2, -0.15) is 12.1 Å². The zero-order valence-corrected chi connectivity index (χ0v) is 15.9. The molecule has 0 aliphatic carbocycles. The molecule has 0 unspecified atom stereocenters. The van der Waals surface area contributed by atoms with Gasteiger partial charge in [-0.15, -0.1) is 12.1 Å². The second-order valence-electron chi connectivity index (χ2n) is 3.05. The van der Waals surface area contributed by atoms with Crippen molar-refractivity contribution >= 4 is 10.8 Å². The summed E-state index contributed by atoms with van der Waals surface area (Å²) in [6.07, 6.45) is 0. The van der Waals surface area contributed by atoms with Gasteiger partial charge in [-0.25, -0.2) is 34.0 Å². The molecular formula is C12H10Pr2-2. The van der Waals surface area contributed by atoms with Gasteiger partial charge < -0.3 is 0 Å². The summed E-state index contributed by atoms with van der Waals surface area (Å²) in [6, 6.07) is 14.8. The maximum Gasteiger partial charge on any atom is 0 e. The monoisotopic (exact) mass is 436 g/mol. The largest absolute Gasteiger partial charge is 0.242 e. The molecule has 0 amide bonds. The van der Waals surface area contributed by atoms with Crippen molar-refractivity contribution in [1.82, 2.24) is 0 Å². The summed E-state index contributed by atoms with van der Waals surface area (Å²) in [5.74, 6) is 0. The van der Waals surface area contributed by atoms with Crippen molar-refractivity contribution in [2.45, 2.75) is 13.8 Å². The molecule has 2 rings (SSSR count). The Morgan fingerprint density at radius 2 is 1.14 bits per heavy atom. The summed E-state index contributed by atoms with van der Waals surface area (Å²) in [5, 5.41) is 2.31. The fourth-order valence-corrected chi connectivity index (χ4v) is 1.29. The van der Waals surface area contributed by atoms with Crippen molar-refractivity contribution in [2.24, 2.45) is 0 Å². The zero-order chi connectivity index (χ0) is 8.55. The molecule has 0 spiro atoms. The molecule has 2 heteroatoms. The fraction of sp³-hybridized carbons (Fsp3) is 0.167. The van der Waals surface area contributed by atoms with Gasteiger partial charge in [0, 0.05) is 82.6 Å². The summed E-state index contributed by atoms with van der Waals surface area (Å²) >= 11 is 0. The van der Waals surface area contributed by atoms with Gasteiger partial charge in [0.1, 0.15) is 0 Å². The van der Waals surface area contributed by atoms with Crippen molar-refractivity contribution in [3.05, 3.63) is 47.5 Å². The number of hydrogen-bond acceptors (Lipinski definition) is 0. The Morgan fingerprint density at radius 3 is 1.50 bits per heavy atom. The van der Waals surface area contributed by atoms with Crippen LogP contribution in [-0.2, 0) is 0 Å². The maximum atomic E-state index is 3.33. The third-order valence-corrected chi connectivity index (χ3v) is 2.13. The van der Waals surface area contributed by atoms with E-state index in [0.717, 1.165) is 10.8 Å². The first-order valence-corrected chi connectivity index (χ1v) is 4.08. The Morgan fingerprint density at radius 1 is 0.786 bits per heavy atom. The molecule has 0 fully saturated rings. The molecule has 2 aromatic carbocycles. The summed E-state index contributed by atoms with van der Waals surface area (Å²) in [5.41, 5.74) is 2.38. The molecule has 0 heterocycles. The Hall–Kier alpha value is 1.43. The van der Waals surface area contributed by atoms with Gasteiger partial charge in [0.25, 0.3) is 0 Å². The fourth-order valence-electron chi connectivity index (χ4n) is 1.29. The minimum absolute atomic E-state index is 0. The second kappa shape index (κ2) is 6.89. The van der Waals surface area contributed by atoms with E-state index in [1.807, 2.05) is 12.1 Å². The van der Waals surface area contributed by atoms with E-state index in [1.165, 1.54) is 11.1 Å². The smallest absolute Gasteiger partial charge is 0 e. The van der Waals surface area contributed by atoms with Crippen LogP contribution in [0, 0.1) is 109 Å². The van der Waals surface area contributed by atoms with E-state index in [2.05, 4.69) is 38.1 Å². The van der Waals surface area contributed by atoms with Crippen LogP contribution in [0.4, 0.5) is 0 Å². The number of aryl methyl sites for hydroxylation is 2. The summed E-state index contributed by atoms with van der Waals surface area (Å²) < 4.78 is 0. The first kappa shape index (κ1) is 15.4. The van der Waals surface area contributed by atoms with Crippen LogP contribution in [0.3, 0.4) is 0 Å². The van der Waals surface area contributed by atoms with Crippen molar-refractivity contribution in [3.63, 3.8) is 0 Å². The standard InChI is InChI=1S/C12H10.2Pr/c1-9-7-11-5-3-4-6-12(11)8-10(9)2;;/h3-6H,1-2H3;;/q-2;;. The van der Waals surface area contributed by atoms with Crippen LogP contribution >= 0.6 is 0 Å². The van der Waals surface area contributed by atoms with Crippen molar-refractivity contribution in [3.8, 4) is 0 Å². The van der Waals surface area contributed by atoms with Gasteiger partial charge >= 0.3 is 0 Å². The number of fused-ring (bicyclic) bond motifs is 1. The number of benzene rings is 2. The number of hydrogen-bond donors (Lipinski definition) is 0. The average Bonchev–Trinajstić information content (AvgIpc) is 2.07. The molecule has 0 N–H and O–H groups in total. The molecule has 66 valence electrons. The predicted octanol–water partition coefficient (Wildman–Crippen LogP) is 3.06. The van der Waals surface area contributed by atoms with Crippen LogP contribution in [0.15, 0.2) is 24.3 Å². The van der Waals surface area contributed by atoms with Gasteiger partial charge in [0.2, 0.25) is 0 Å². The minimum Gasteiger partial charge on any atom is -0.242 e. The summed E-state index contributed by atoms with van der Waals surface area (Å²) in [6.45, 7) is 4.14. The second-order valence-corrected chi connectivity index (χ2v) is 3.05. The topological polar surface area (TPSA) is 0 Å². The Labute approximate surface area is 152 Å². The quantitative estimate of drug-likeness (QED) is 0.558. The zero-order valence-electron chi connectivity index (χ0n) is 8.46. The molecule has 0 saturated heterocycles. The predicted molar refractivity (Wildman–Crippen MR) is 51.1 cm³/mol. The molecule has 0 atom stereocenters. The van der Waals surface area contributed by atoms with Crippen LogP contribution in [0.1, 0.15) is 11.1 Å². The van der Waals surface area contributed by atoms with Gasteiger partial charge in [0.15, 0.2) is 0 Å². The number of rotatable bonds is 0. The third-order valence-electron chi connectivity index (χ3n) is 2.13. The molecule has 0 nitrogen and oxygen atoms in total.